The minimum absolute atomic E-state index is 0.272. The number of benzene rings is 2. The zero-order chi connectivity index (χ0) is 15.4. The summed E-state index contributed by atoms with van der Waals surface area (Å²) < 4.78 is 13.9. The predicted molar refractivity (Wildman–Crippen MR) is 89.1 cm³/mol. The summed E-state index contributed by atoms with van der Waals surface area (Å²) in [7, 11) is 0. The molecule has 0 aliphatic heterocycles. The van der Waals surface area contributed by atoms with Gasteiger partial charge in [-0.15, -0.1) is 0 Å². The van der Waals surface area contributed by atoms with Crippen molar-refractivity contribution in [3.8, 4) is 0 Å². The Balaban J connectivity index is 1.74. The van der Waals surface area contributed by atoms with E-state index < -0.39 is 0 Å². The summed E-state index contributed by atoms with van der Waals surface area (Å²) in [5.41, 5.74) is 1.68. The summed E-state index contributed by atoms with van der Waals surface area (Å²) in [6.45, 7) is 0. The highest BCUT2D eigenvalue weighted by atomic mass is 79.9. The van der Waals surface area contributed by atoms with Gasteiger partial charge in [0.25, 0.3) is 0 Å². The van der Waals surface area contributed by atoms with Crippen molar-refractivity contribution in [2.45, 2.75) is 0 Å². The van der Waals surface area contributed by atoms with Crippen LogP contribution in [-0.2, 0) is 0 Å². The Morgan fingerprint density at radius 3 is 1.82 bits per heavy atom. The van der Waals surface area contributed by atoms with Crippen LogP contribution in [0.1, 0.15) is 0 Å². The molecule has 0 atom stereocenters. The zero-order valence-corrected chi connectivity index (χ0v) is 13.0. The molecule has 110 valence electrons. The maximum atomic E-state index is 12.9. The summed E-state index contributed by atoms with van der Waals surface area (Å²) in [4.78, 5) is 8.33. The average Bonchev–Trinajstić information content (AvgIpc) is 2.52. The summed E-state index contributed by atoms with van der Waals surface area (Å²) in [6.07, 6.45) is 1.47. The van der Waals surface area contributed by atoms with Crippen molar-refractivity contribution in [3.05, 3.63) is 71.2 Å². The van der Waals surface area contributed by atoms with E-state index in [-0.39, 0.29) is 5.82 Å². The average molecular weight is 359 g/mol. The molecule has 2 N–H and O–H groups in total. The molecule has 0 bridgehead atoms. The summed E-state index contributed by atoms with van der Waals surface area (Å²) in [6, 6.07) is 15.7. The minimum Gasteiger partial charge on any atom is -0.340 e. The van der Waals surface area contributed by atoms with Crippen LogP contribution in [0.5, 0.6) is 0 Å². The highest BCUT2D eigenvalue weighted by Gasteiger charge is 2.01. The van der Waals surface area contributed by atoms with Gasteiger partial charge in [0.05, 0.1) is 0 Å². The maximum absolute atomic E-state index is 12.9. The van der Waals surface area contributed by atoms with Gasteiger partial charge < -0.3 is 10.6 Å². The molecule has 0 aliphatic rings. The summed E-state index contributed by atoms with van der Waals surface area (Å²) in [5, 5.41) is 6.30. The molecule has 3 aromatic rings. The Bertz CT molecular complexity index is 697. The standard InChI is InChI=1S/C16H12BrFN4/c17-11-1-5-13(6-2-11)21-15-9-16(20-10-19-15)22-14-7-3-12(18)4-8-14/h1-10H,(H2,19,20,21,22). The van der Waals surface area contributed by atoms with Gasteiger partial charge in [0.15, 0.2) is 0 Å². The largest absolute Gasteiger partial charge is 0.340 e. The van der Waals surface area contributed by atoms with Crippen LogP contribution in [0.2, 0.25) is 0 Å². The van der Waals surface area contributed by atoms with E-state index >= 15 is 0 Å². The number of aromatic nitrogens is 2. The molecule has 22 heavy (non-hydrogen) atoms. The highest BCUT2D eigenvalue weighted by Crippen LogP contribution is 2.20. The molecular formula is C16H12BrFN4. The van der Waals surface area contributed by atoms with Crippen molar-refractivity contribution in [2.75, 3.05) is 10.6 Å². The van der Waals surface area contributed by atoms with Gasteiger partial charge in [-0.1, -0.05) is 15.9 Å². The molecule has 0 amide bonds. The lowest BCUT2D eigenvalue weighted by atomic mass is 10.3. The van der Waals surface area contributed by atoms with E-state index in [1.54, 1.807) is 18.2 Å². The third kappa shape index (κ3) is 3.79. The Morgan fingerprint density at radius 2 is 1.27 bits per heavy atom. The van der Waals surface area contributed by atoms with Crippen molar-refractivity contribution >= 4 is 38.9 Å². The molecule has 0 fully saturated rings. The van der Waals surface area contributed by atoms with Crippen LogP contribution in [-0.4, -0.2) is 9.97 Å². The van der Waals surface area contributed by atoms with Gasteiger partial charge in [-0.2, -0.15) is 0 Å². The Kier molecular flexibility index (Phi) is 4.29. The van der Waals surface area contributed by atoms with E-state index in [9.17, 15) is 4.39 Å². The van der Waals surface area contributed by atoms with Gasteiger partial charge in [-0.05, 0) is 48.5 Å². The van der Waals surface area contributed by atoms with Crippen LogP contribution in [0, 0.1) is 5.82 Å². The molecule has 1 aromatic heterocycles. The number of hydrogen-bond acceptors (Lipinski definition) is 4. The lowest BCUT2D eigenvalue weighted by Crippen LogP contribution is -1.98. The molecule has 0 radical (unpaired) electrons. The molecule has 0 spiro atoms. The third-order valence-electron chi connectivity index (χ3n) is 2.90. The van der Waals surface area contributed by atoms with E-state index in [1.165, 1.54) is 18.5 Å². The first-order chi connectivity index (χ1) is 10.7. The monoisotopic (exact) mass is 358 g/mol. The van der Waals surface area contributed by atoms with Gasteiger partial charge in [-0.3, -0.25) is 0 Å². The smallest absolute Gasteiger partial charge is 0.135 e. The fraction of sp³-hybridized carbons (Fsp3) is 0. The lowest BCUT2D eigenvalue weighted by molar-refractivity contribution is 0.628. The van der Waals surface area contributed by atoms with Gasteiger partial charge in [-0.25, -0.2) is 14.4 Å². The molecule has 1 heterocycles. The van der Waals surface area contributed by atoms with Crippen LogP contribution < -0.4 is 10.6 Å². The first kappa shape index (κ1) is 14.5. The minimum atomic E-state index is -0.272. The van der Waals surface area contributed by atoms with Crippen molar-refractivity contribution in [1.82, 2.24) is 9.97 Å². The molecule has 0 saturated heterocycles. The molecule has 2 aromatic carbocycles. The SMILES string of the molecule is Fc1ccc(Nc2cc(Nc3ccc(Br)cc3)ncn2)cc1. The van der Waals surface area contributed by atoms with E-state index in [0.717, 1.165) is 15.8 Å². The van der Waals surface area contributed by atoms with E-state index in [1.807, 2.05) is 24.3 Å². The fourth-order valence-electron chi connectivity index (χ4n) is 1.86. The normalized spacial score (nSPS) is 10.3. The lowest BCUT2D eigenvalue weighted by Gasteiger charge is -2.08. The number of rotatable bonds is 4. The van der Waals surface area contributed by atoms with Crippen LogP contribution >= 0.6 is 15.9 Å². The second kappa shape index (κ2) is 6.53. The van der Waals surface area contributed by atoms with Crippen molar-refractivity contribution in [1.29, 1.82) is 0 Å². The van der Waals surface area contributed by atoms with Gasteiger partial charge in [0, 0.05) is 21.9 Å². The number of hydrogen-bond donors (Lipinski definition) is 2. The zero-order valence-electron chi connectivity index (χ0n) is 11.4. The number of anilines is 4. The Labute approximate surface area is 135 Å². The van der Waals surface area contributed by atoms with E-state index in [0.29, 0.717) is 11.6 Å². The molecular weight excluding hydrogens is 347 g/mol. The predicted octanol–water partition coefficient (Wildman–Crippen LogP) is 4.87. The van der Waals surface area contributed by atoms with Gasteiger partial charge in [0.1, 0.15) is 23.8 Å². The number of halogens is 2. The van der Waals surface area contributed by atoms with Crippen LogP contribution in [0.25, 0.3) is 0 Å². The molecule has 6 heteroatoms. The second-order valence-corrected chi connectivity index (χ2v) is 5.47. The van der Waals surface area contributed by atoms with Crippen molar-refractivity contribution < 1.29 is 4.39 Å². The van der Waals surface area contributed by atoms with Gasteiger partial charge in [0.2, 0.25) is 0 Å². The van der Waals surface area contributed by atoms with E-state index in [4.69, 9.17) is 0 Å². The molecule has 4 nitrogen and oxygen atoms in total. The first-order valence-electron chi connectivity index (χ1n) is 6.56. The number of nitrogens with zero attached hydrogens (tertiary/aromatic N) is 2. The Hall–Kier alpha value is -2.47. The molecule has 0 aliphatic carbocycles. The van der Waals surface area contributed by atoms with Crippen LogP contribution in [0.3, 0.4) is 0 Å². The Morgan fingerprint density at radius 1 is 0.773 bits per heavy atom. The first-order valence-corrected chi connectivity index (χ1v) is 7.35. The van der Waals surface area contributed by atoms with Gasteiger partial charge >= 0.3 is 0 Å². The van der Waals surface area contributed by atoms with Crippen molar-refractivity contribution in [3.63, 3.8) is 0 Å². The topological polar surface area (TPSA) is 49.8 Å². The second-order valence-electron chi connectivity index (χ2n) is 4.55. The van der Waals surface area contributed by atoms with Crippen LogP contribution in [0.15, 0.2) is 65.4 Å². The summed E-state index contributed by atoms with van der Waals surface area (Å²) >= 11 is 3.39. The fourth-order valence-corrected chi connectivity index (χ4v) is 2.12. The van der Waals surface area contributed by atoms with Crippen molar-refractivity contribution in [2.24, 2.45) is 0 Å². The number of nitrogens with one attached hydrogen (secondary N) is 2. The molecule has 3 rings (SSSR count). The molecule has 0 saturated carbocycles. The molecule has 0 unspecified atom stereocenters. The third-order valence-corrected chi connectivity index (χ3v) is 3.43. The van der Waals surface area contributed by atoms with E-state index in [2.05, 4.69) is 36.5 Å². The maximum Gasteiger partial charge on any atom is 0.135 e. The quantitative estimate of drug-likeness (QED) is 0.698. The highest BCUT2D eigenvalue weighted by molar-refractivity contribution is 9.10. The summed E-state index contributed by atoms with van der Waals surface area (Å²) in [5.74, 6) is 1.02. The van der Waals surface area contributed by atoms with Crippen LogP contribution in [0.4, 0.5) is 27.4 Å².